The summed E-state index contributed by atoms with van der Waals surface area (Å²) in [5, 5.41) is 0. The summed E-state index contributed by atoms with van der Waals surface area (Å²) in [6.07, 6.45) is 2.49. The molecular weight excluding hydrogens is 565 g/mol. The van der Waals surface area contributed by atoms with Crippen LogP contribution in [0.1, 0.15) is 130 Å². The fourth-order valence-corrected chi connectivity index (χ4v) is 8.82. The van der Waals surface area contributed by atoms with Crippen molar-refractivity contribution >= 4 is 6.08 Å². The Kier molecular flexibility index (Phi) is 7.51. The van der Waals surface area contributed by atoms with E-state index in [4.69, 9.17) is 0 Å². The fourth-order valence-electron chi connectivity index (χ4n) is 8.82. The van der Waals surface area contributed by atoms with Gasteiger partial charge in [0.15, 0.2) is 0 Å². The molecule has 0 spiro atoms. The number of benzene rings is 5. The van der Waals surface area contributed by atoms with Crippen molar-refractivity contribution < 1.29 is 0 Å². The molecule has 0 bridgehead atoms. The molecule has 0 aliphatic heterocycles. The monoisotopic (exact) mass is 614 g/mol. The van der Waals surface area contributed by atoms with Crippen molar-refractivity contribution in [1.82, 2.24) is 0 Å². The topological polar surface area (TPSA) is 0 Å². The van der Waals surface area contributed by atoms with Crippen molar-refractivity contribution in [1.29, 1.82) is 0 Å². The minimum absolute atomic E-state index is 0.0354. The highest BCUT2D eigenvalue weighted by atomic mass is 14.6. The van der Waals surface area contributed by atoms with Crippen LogP contribution in [0.4, 0.5) is 0 Å². The second-order valence-electron chi connectivity index (χ2n) is 16.5. The van der Waals surface area contributed by atoms with E-state index in [2.05, 4.69) is 184 Å². The lowest BCUT2D eigenvalue weighted by molar-refractivity contribution is 0.402. The first kappa shape index (κ1) is 31.4. The van der Waals surface area contributed by atoms with Crippen molar-refractivity contribution in [3.05, 3.63) is 171 Å². The number of rotatable bonds is 5. The molecule has 7 rings (SSSR count). The van der Waals surface area contributed by atoms with Crippen LogP contribution in [-0.2, 0) is 16.2 Å². The number of hydrogen-bond donors (Lipinski definition) is 0. The van der Waals surface area contributed by atoms with Crippen LogP contribution < -0.4 is 0 Å². The van der Waals surface area contributed by atoms with E-state index in [0.29, 0.717) is 5.92 Å². The zero-order valence-electron chi connectivity index (χ0n) is 29.8. The summed E-state index contributed by atoms with van der Waals surface area (Å²) in [5.41, 5.74) is 16.6. The van der Waals surface area contributed by atoms with Gasteiger partial charge in [-0.25, -0.2) is 0 Å². The lowest BCUT2D eigenvalue weighted by atomic mass is 9.53. The minimum atomic E-state index is -0.410. The molecule has 0 saturated carbocycles. The Morgan fingerprint density at radius 1 is 0.511 bits per heavy atom. The standard InChI is InChI=1S/C47H50/c1-30(2)37-22-16-17-32-27-31(3)43(42(32)37)47(33-18-12-10-13-19-33,34-20-14-11-15-21-34)44-40-28-35(45(4,5)6)23-25-38(40)39-26-24-36(29-41(39)44)46(7,8)9/h10-30,43-44H,1-9H3. The number of fused-ring (bicyclic) bond motifs is 4. The van der Waals surface area contributed by atoms with Gasteiger partial charge in [-0.05, 0) is 84.9 Å². The van der Waals surface area contributed by atoms with Crippen LogP contribution in [0.5, 0.6) is 0 Å². The van der Waals surface area contributed by atoms with Crippen LogP contribution in [0.15, 0.2) is 121 Å². The zero-order valence-corrected chi connectivity index (χ0v) is 29.8. The van der Waals surface area contributed by atoms with Gasteiger partial charge >= 0.3 is 0 Å². The molecule has 0 fully saturated rings. The van der Waals surface area contributed by atoms with E-state index in [-0.39, 0.29) is 22.7 Å². The molecule has 0 N–H and O–H groups in total. The summed E-state index contributed by atoms with van der Waals surface area (Å²) in [4.78, 5) is 0. The summed E-state index contributed by atoms with van der Waals surface area (Å²) in [6.45, 7) is 21.2. The van der Waals surface area contributed by atoms with Crippen molar-refractivity contribution in [2.75, 3.05) is 0 Å². The molecule has 1 unspecified atom stereocenters. The molecule has 0 amide bonds. The van der Waals surface area contributed by atoms with Gasteiger partial charge in [0.25, 0.3) is 0 Å². The summed E-state index contributed by atoms with van der Waals surface area (Å²) < 4.78 is 0. The van der Waals surface area contributed by atoms with Crippen LogP contribution in [0.2, 0.25) is 0 Å². The van der Waals surface area contributed by atoms with Gasteiger partial charge in [-0.1, -0.05) is 182 Å². The maximum atomic E-state index is 2.57. The van der Waals surface area contributed by atoms with Crippen molar-refractivity contribution in [2.45, 2.75) is 96.3 Å². The SMILES string of the molecule is CC1=Cc2cccc(C(C)C)c2C1C(c1ccccc1)(c1ccccc1)C1c2cc(C(C)(C)C)ccc2-c2ccc(C(C)(C)C)cc21. The molecule has 0 nitrogen and oxygen atoms in total. The number of allylic oxidation sites excluding steroid dienone is 1. The molecule has 0 heterocycles. The highest BCUT2D eigenvalue weighted by Gasteiger charge is 2.55. The Morgan fingerprint density at radius 2 is 1.00 bits per heavy atom. The minimum Gasteiger partial charge on any atom is -0.0639 e. The van der Waals surface area contributed by atoms with E-state index < -0.39 is 5.41 Å². The first-order valence-corrected chi connectivity index (χ1v) is 17.5. The van der Waals surface area contributed by atoms with Gasteiger partial charge in [-0.2, -0.15) is 0 Å². The summed E-state index contributed by atoms with van der Waals surface area (Å²) in [5.74, 6) is 0.668. The summed E-state index contributed by atoms with van der Waals surface area (Å²) >= 11 is 0. The van der Waals surface area contributed by atoms with Gasteiger partial charge in [0, 0.05) is 17.3 Å². The largest absolute Gasteiger partial charge is 0.0639 e. The molecule has 0 heteroatoms. The Labute approximate surface area is 283 Å². The molecule has 2 aliphatic rings. The summed E-state index contributed by atoms with van der Waals surface area (Å²) in [7, 11) is 0. The van der Waals surface area contributed by atoms with Gasteiger partial charge in [0.05, 0.1) is 0 Å². The molecule has 5 aromatic rings. The smallest absolute Gasteiger partial charge is 0.0418 e. The van der Waals surface area contributed by atoms with Crippen LogP contribution in [0.3, 0.4) is 0 Å². The van der Waals surface area contributed by atoms with Crippen molar-refractivity contribution in [3.8, 4) is 11.1 Å². The van der Waals surface area contributed by atoms with Crippen molar-refractivity contribution in [2.24, 2.45) is 0 Å². The third-order valence-corrected chi connectivity index (χ3v) is 11.1. The predicted octanol–water partition coefficient (Wildman–Crippen LogP) is 12.7. The van der Waals surface area contributed by atoms with Crippen LogP contribution in [0, 0.1) is 0 Å². The lowest BCUT2D eigenvalue weighted by Crippen LogP contribution is -2.41. The number of hydrogen-bond acceptors (Lipinski definition) is 0. The van der Waals surface area contributed by atoms with Gasteiger partial charge < -0.3 is 0 Å². The van der Waals surface area contributed by atoms with Gasteiger partial charge in [0.1, 0.15) is 0 Å². The van der Waals surface area contributed by atoms with E-state index in [1.54, 1.807) is 0 Å². The third-order valence-electron chi connectivity index (χ3n) is 11.1. The normalized spacial score (nSPS) is 16.2. The second kappa shape index (κ2) is 11.2. The van der Waals surface area contributed by atoms with Gasteiger partial charge in [-0.3, -0.25) is 0 Å². The van der Waals surface area contributed by atoms with E-state index >= 15 is 0 Å². The molecule has 0 radical (unpaired) electrons. The van der Waals surface area contributed by atoms with Crippen molar-refractivity contribution in [3.63, 3.8) is 0 Å². The molecule has 1 atom stereocenters. The average Bonchev–Trinajstić information content (AvgIpc) is 3.56. The quantitative estimate of drug-likeness (QED) is 0.185. The molecule has 47 heavy (non-hydrogen) atoms. The Morgan fingerprint density at radius 3 is 1.45 bits per heavy atom. The molecule has 0 saturated heterocycles. The second-order valence-corrected chi connectivity index (χ2v) is 16.5. The summed E-state index contributed by atoms with van der Waals surface area (Å²) in [6, 6.07) is 44.8. The molecule has 238 valence electrons. The highest BCUT2D eigenvalue weighted by molar-refractivity contribution is 5.83. The van der Waals surface area contributed by atoms with E-state index in [0.717, 1.165) is 0 Å². The average molecular weight is 615 g/mol. The van der Waals surface area contributed by atoms with Crippen LogP contribution in [0.25, 0.3) is 17.2 Å². The molecular formula is C47H50. The third kappa shape index (κ3) is 4.95. The zero-order chi connectivity index (χ0) is 33.3. The predicted molar refractivity (Wildman–Crippen MR) is 202 cm³/mol. The van der Waals surface area contributed by atoms with E-state index in [1.807, 2.05) is 0 Å². The van der Waals surface area contributed by atoms with E-state index in [1.165, 1.54) is 66.8 Å². The fraction of sp³-hybridized carbons (Fsp3) is 0.319. The van der Waals surface area contributed by atoms with Gasteiger partial charge in [-0.15, -0.1) is 0 Å². The first-order chi connectivity index (χ1) is 22.3. The maximum absolute atomic E-state index is 2.57. The Hall–Kier alpha value is -4.16. The molecule has 2 aliphatic carbocycles. The Bertz CT molecular complexity index is 1870. The van der Waals surface area contributed by atoms with Crippen LogP contribution >= 0.6 is 0 Å². The Balaban J connectivity index is 1.69. The van der Waals surface area contributed by atoms with Gasteiger partial charge in [0.2, 0.25) is 0 Å². The lowest BCUT2D eigenvalue weighted by Gasteiger charge is -2.48. The highest BCUT2D eigenvalue weighted by Crippen LogP contribution is 2.65. The maximum Gasteiger partial charge on any atom is 0.0418 e. The molecule has 5 aromatic carbocycles. The first-order valence-electron chi connectivity index (χ1n) is 17.5. The van der Waals surface area contributed by atoms with Crippen LogP contribution in [-0.4, -0.2) is 0 Å². The van der Waals surface area contributed by atoms with E-state index in [9.17, 15) is 0 Å². The molecule has 0 aromatic heterocycles.